The van der Waals surface area contributed by atoms with Crippen molar-refractivity contribution >= 4 is 38.0 Å². The maximum absolute atomic E-state index is 12.0. The van der Waals surface area contributed by atoms with E-state index in [2.05, 4.69) is 15.9 Å². The molecule has 0 aromatic heterocycles. The van der Waals surface area contributed by atoms with Crippen LogP contribution in [0.2, 0.25) is 0 Å². The van der Waals surface area contributed by atoms with Crippen LogP contribution in [0.4, 0.5) is 0 Å². The summed E-state index contributed by atoms with van der Waals surface area (Å²) < 4.78 is 19.1. The fourth-order valence-electron chi connectivity index (χ4n) is 1.59. The number of rotatable bonds is 7. The predicted octanol–water partition coefficient (Wildman–Crippen LogP) is -2.14. The Kier molecular flexibility index (Phi) is 4.03. The lowest BCUT2D eigenvalue weighted by molar-refractivity contribution is -0.229. The van der Waals surface area contributed by atoms with Crippen molar-refractivity contribution in [2.45, 2.75) is 37.5 Å². The van der Waals surface area contributed by atoms with E-state index in [0.29, 0.717) is 0 Å². The lowest BCUT2D eigenvalue weighted by Gasteiger charge is -2.45. The minimum Gasteiger partial charge on any atom is -0.393 e. The van der Waals surface area contributed by atoms with Crippen molar-refractivity contribution in [1.82, 2.24) is 0 Å². The molecule has 4 N–H and O–H groups in total. The Morgan fingerprint density at radius 1 is 1.00 bits per heavy atom. The molecule has 0 radical (unpaired) electrons. The highest BCUT2D eigenvalue weighted by molar-refractivity contribution is 9.18. The average Bonchev–Trinajstić information content (AvgIpc) is 2.56. The van der Waals surface area contributed by atoms with Gasteiger partial charge in [0.1, 0.15) is 0 Å². The van der Waals surface area contributed by atoms with Crippen molar-refractivity contribution in [2.24, 2.45) is 0 Å². The number of carbonyl (C=O) groups is 4. The second-order valence-corrected chi connectivity index (χ2v) is 4.70. The van der Waals surface area contributed by atoms with Crippen molar-refractivity contribution in [3.8, 4) is 0 Å². The van der Waals surface area contributed by atoms with Crippen LogP contribution >= 0.6 is 15.9 Å². The van der Waals surface area contributed by atoms with E-state index in [0.717, 1.165) is 0 Å². The van der Waals surface area contributed by atoms with Gasteiger partial charge in [0.05, 0.1) is 6.61 Å². The first-order valence-corrected chi connectivity index (χ1v) is 5.70. The zero-order chi connectivity index (χ0) is 18.6. The smallest absolute Gasteiger partial charge is 0.240 e. The van der Waals surface area contributed by atoms with Gasteiger partial charge in [0, 0.05) is 4.11 Å². The molecule has 0 fully saturated rings. The van der Waals surface area contributed by atoms with Crippen molar-refractivity contribution in [3.63, 3.8) is 0 Å². The van der Waals surface area contributed by atoms with Crippen LogP contribution in [0.3, 0.4) is 0 Å². The molecule has 0 spiro atoms. The number of halogens is 1. The van der Waals surface area contributed by atoms with Gasteiger partial charge in [0.15, 0.2) is 23.0 Å². The van der Waals surface area contributed by atoms with Gasteiger partial charge in [-0.1, -0.05) is 0 Å². The van der Waals surface area contributed by atoms with Crippen LogP contribution in [0.15, 0.2) is 0 Å². The minimum absolute atomic E-state index is 1.29. The fourth-order valence-corrected chi connectivity index (χ4v) is 2.10. The van der Waals surface area contributed by atoms with Gasteiger partial charge >= 0.3 is 0 Å². The van der Waals surface area contributed by atoms with Crippen LogP contribution in [0.25, 0.3) is 0 Å². The Morgan fingerprint density at radius 3 is 1.75 bits per heavy atom. The van der Waals surface area contributed by atoms with E-state index in [4.69, 9.17) is 4.11 Å². The quantitative estimate of drug-likeness (QED) is 0.298. The maximum Gasteiger partial charge on any atom is 0.240 e. The van der Waals surface area contributed by atoms with E-state index < -0.39 is 66.2 Å². The van der Waals surface area contributed by atoms with Gasteiger partial charge in [-0.2, -0.15) is 0 Å². The first-order valence-electron chi connectivity index (χ1n) is 7.03. The van der Waals surface area contributed by atoms with E-state index >= 15 is 0 Å². The van der Waals surface area contributed by atoms with Crippen LogP contribution in [-0.4, -0.2) is 65.9 Å². The van der Waals surface area contributed by atoms with Crippen molar-refractivity contribution in [3.05, 3.63) is 0 Å². The van der Waals surface area contributed by atoms with Gasteiger partial charge in [-0.3, -0.25) is 19.2 Å². The minimum atomic E-state index is -3.96. The Bertz CT molecular complexity index is 529. The van der Waals surface area contributed by atoms with Gasteiger partial charge in [-0.15, -0.1) is 0 Å². The molecular formula is C11H15BrO8. The summed E-state index contributed by atoms with van der Waals surface area (Å²) in [4.78, 5) is 47.2. The van der Waals surface area contributed by atoms with Crippen molar-refractivity contribution in [2.75, 3.05) is 6.61 Å². The summed E-state index contributed by atoms with van der Waals surface area (Å²) in [6.45, 7) is -5.75. The third kappa shape index (κ3) is 2.25. The normalized spacial score (nSPS) is 22.1. The molecule has 0 amide bonds. The molecule has 8 nitrogen and oxygen atoms in total. The SMILES string of the molecule is [2H]CC(=O)[C@@](O)(C(=O)Br)[C@@](O)(C(=O)C[2H])[C@](O)(CO)C(=O)C[2H]. The molecule has 0 saturated carbocycles. The number of carbonyl (C=O) groups excluding carboxylic acids is 4. The lowest BCUT2D eigenvalue weighted by Crippen LogP contribution is -2.78. The van der Waals surface area contributed by atoms with Gasteiger partial charge in [-0.25, -0.2) is 0 Å². The highest BCUT2D eigenvalue weighted by Crippen LogP contribution is 2.38. The highest BCUT2D eigenvalue weighted by Gasteiger charge is 2.71. The third-order valence-electron chi connectivity index (χ3n) is 2.90. The molecule has 0 aliphatic heterocycles. The fraction of sp³-hybridized carbons (Fsp3) is 0.636. The Labute approximate surface area is 126 Å². The Hall–Kier alpha value is -1.00. The summed E-state index contributed by atoms with van der Waals surface area (Å²) in [7, 11) is 0. The number of hydrogen-bond donors (Lipinski definition) is 4. The third-order valence-corrected chi connectivity index (χ3v) is 3.48. The van der Waals surface area contributed by atoms with E-state index in [9.17, 15) is 39.6 Å². The Balaban J connectivity index is 6.86. The summed E-state index contributed by atoms with van der Waals surface area (Å²) >= 11 is 2.15. The number of aliphatic hydroxyl groups is 4. The molecule has 114 valence electrons. The van der Waals surface area contributed by atoms with E-state index in [-0.39, 0.29) is 0 Å². The zero-order valence-corrected chi connectivity index (χ0v) is 11.7. The van der Waals surface area contributed by atoms with Crippen LogP contribution in [0, 0.1) is 0 Å². The van der Waals surface area contributed by atoms with Crippen molar-refractivity contribution < 1.29 is 43.7 Å². The summed E-state index contributed by atoms with van der Waals surface area (Å²) in [5, 5.41) is 40.2. The zero-order valence-electron chi connectivity index (χ0n) is 13.1. The van der Waals surface area contributed by atoms with Gasteiger partial charge < -0.3 is 20.4 Å². The molecular weight excluding hydrogens is 340 g/mol. The van der Waals surface area contributed by atoms with Gasteiger partial charge in [-0.05, 0) is 36.6 Å². The van der Waals surface area contributed by atoms with Gasteiger partial charge in [0.25, 0.3) is 0 Å². The monoisotopic (exact) mass is 357 g/mol. The molecule has 0 aliphatic rings. The summed E-state index contributed by atoms with van der Waals surface area (Å²) in [5.74, 6) is -5.30. The molecule has 3 atom stereocenters. The number of Topliss-reactive ketones (excluding diaryl/α,β-unsaturated/α-hetero) is 3. The highest BCUT2D eigenvalue weighted by atomic mass is 79.9. The van der Waals surface area contributed by atoms with Crippen LogP contribution in [-0.2, 0) is 19.2 Å². The molecule has 9 heteroatoms. The van der Waals surface area contributed by atoms with E-state index in [1.807, 2.05) is 0 Å². The van der Waals surface area contributed by atoms with E-state index in [1.54, 1.807) is 0 Å². The summed E-state index contributed by atoms with van der Waals surface area (Å²) in [5.41, 5.74) is -11.4. The molecule has 20 heavy (non-hydrogen) atoms. The molecule has 0 bridgehead atoms. The molecule has 0 unspecified atom stereocenters. The van der Waals surface area contributed by atoms with E-state index in [1.165, 1.54) is 0 Å². The Morgan fingerprint density at radius 2 is 1.45 bits per heavy atom. The first-order chi connectivity index (χ1) is 10.4. The second kappa shape index (κ2) is 5.78. The molecule has 0 rings (SSSR count). The van der Waals surface area contributed by atoms with Crippen LogP contribution in [0.1, 0.15) is 24.8 Å². The lowest BCUT2D eigenvalue weighted by atomic mass is 9.66. The van der Waals surface area contributed by atoms with Crippen LogP contribution < -0.4 is 0 Å². The second-order valence-electron chi connectivity index (χ2n) is 3.98. The topological polar surface area (TPSA) is 149 Å². The summed E-state index contributed by atoms with van der Waals surface area (Å²) in [6.07, 6.45) is 0. The maximum atomic E-state index is 12.0. The van der Waals surface area contributed by atoms with Crippen molar-refractivity contribution in [1.29, 1.82) is 0 Å². The summed E-state index contributed by atoms with van der Waals surface area (Å²) in [6, 6.07) is 0. The molecule has 0 heterocycles. The van der Waals surface area contributed by atoms with Crippen LogP contribution in [0.5, 0.6) is 0 Å². The standard InChI is InChI=1S/C11H15BrO8/c1-5(14)9(18,4-13)11(20,7(3)16)10(19,6(2)15)8(12)17/h13,18-20H,4H2,1-3H3/t9-,10+,11+/m0/s1/i1D,2D,3D. The number of aliphatic hydroxyl groups excluding tert-OH is 1. The number of ketones is 3. The largest absolute Gasteiger partial charge is 0.393 e. The predicted molar refractivity (Wildman–Crippen MR) is 67.9 cm³/mol. The average molecular weight is 358 g/mol. The first kappa shape index (κ1) is 14.0. The van der Waals surface area contributed by atoms with Gasteiger partial charge in [0.2, 0.25) is 15.9 Å². The number of hydrogen-bond acceptors (Lipinski definition) is 8. The molecule has 0 saturated heterocycles. The molecule has 0 aromatic carbocycles. The molecule has 0 aromatic rings. The molecule has 0 aliphatic carbocycles.